The van der Waals surface area contributed by atoms with Crippen LogP contribution in [0, 0.1) is 15.9 Å². The van der Waals surface area contributed by atoms with Crippen LogP contribution in [-0.2, 0) is 4.79 Å². The van der Waals surface area contributed by atoms with E-state index < -0.39 is 22.3 Å². The smallest absolute Gasteiger partial charge is 0.295 e. The molecular formula is C14H10ClFN2O3S. The number of benzene rings is 2. The molecule has 8 heteroatoms. The van der Waals surface area contributed by atoms with E-state index in [9.17, 15) is 19.3 Å². The van der Waals surface area contributed by atoms with Crippen molar-refractivity contribution in [1.82, 2.24) is 0 Å². The van der Waals surface area contributed by atoms with Gasteiger partial charge < -0.3 is 5.32 Å². The highest BCUT2D eigenvalue weighted by molar-refractivity contribution is 7.99. The topological polar surface area (TPSA) is 72.2 Å². The van der Waals surface area contributed by atoms with Gasteiger partial charge in [-0.3, -0.25) is 14.9 Å². The van der Waals surface area contributed by atoms with Gasteiger partial charge in [0.25, 0.3) is 5.69 Å². The molecule has 2 rings (SSSR count). The number of hydrogen-bond donors (Lipinski definition) is 1. The third-order valence-corrected chi connectivity index (χ3v) is 3.89. The van der Waals surface area contributed by atoms with Gasteiger partial charge in [0, 0.05) is 16.8 Å². The number of anilines is 1. The molecule has 0 saturated carbocycles. The fourth-order valence-corrected chi connectivity index (χ4v) is 2.68. The third kappa shape index (κ3) is 3.96. The minimum Gasteiger partial charge on any atom is -0.321 e. The first-order chi connectivity index (χ1) is 10.4. The molecule has 22 heavy (non-hydrogen) atoms. The highest BCUT2D eigenvalue weighted by Gasteiger charge is 2.19. The van der Waals surface area contributed by atoms with Crippen molar-refractivity contribution in [2.45, 2.75) is 16.7 Å². The lowest BCUT2D eigenvalue weighted by Crippen LogP contribution is -2.08. The first-order valence-electron chi connectivity index (χ1n) is 6.06. The Hall–Kier alpha value is -2.12. The molecule has 0 atom stereocenters. The van der Waals surface area contributed by atoms with Crippen LogP contribution in [-0.4, -0.2) is 10.8 Å². The number of hydrogen-bond acceptors (Lipinski definition) is 4. The SMILES string of the molecule is CC(=O)Nc1cc(Sc2ccc(Cl)cc2)c(F)cc1[N+](=O)[O-]. The van der Waals surface area contributed by atoms with Gasteiger partial charge in [-0.25, -0.2) is 4.39 Å². The van der Waals surface area contributed by atoms with E-state index in [1.165, 1.54) is 13.0 Å². The summed E-state index contributed by atoms with van der Waals surface area (Å²) < 4.78 is 14.0. The molecule has 114 valence electrons. The predicted molar refractivity (Wildman–Crippen MR) is 82.9 cm³/mol. The van der Waals surface area contributed by atoms with Crippen molar-refractivity contribution < 1.29 is 14.1 Å². The summed E-state index contributed by atoms with van der Waals surface area (Å²) in [6.07, 6.45) is 0. The number of nitro benzene ring substituents is 1. The monoisotopic (exact) mass is 340 g/mol. The van der Waals surface area contributed by atoms with Gasteiger partial charge >= 0.3 is 0 Å². The van der Waals surface area contributed by atoms with Crippen molar-refractivity contribution in [2.75, 3.05) is 5.32 Å². The van der Waals surface area contributed by atoms with Crippen LogP contribution in [0.1, 0.15) is 6.92 Å². The normalized spacial score (nSPS) is 10.3. The summed E-state index contributed by atoms with van der Waals surface area (Å²) in [5.41, 5.74) is -0.538. The lowest BCUT2D eigenvalue weighted by atomic mass is 10.2. The lowest BCUT2D eigenvalue weighted by molar-refractivity contribution is -0.384. The van der Waals surface area contributed by atoms with Crippen molar-refractivity contribution in [3.05, 3.63) is 57.4 Å². The van der Waals surface area contributed by atoms with Crippen molar-refractivity contribution in [2.24, 2.45) is 0 Å². The standard InChI is InChI=1S/C14H10ClFN2O3S/c1-8(19)17-12-7-14(11(16)6-13(12)18(20)21)22-10-4-2-9(15)3-5-10/h2-7H,1H3,(H,17,19). The number of rotatable bonds is 4. The second kappa shape index (κ2) is 6.76. The van der Waals surface area contributed by atoms with E-state index in [2.05, 4.69) is 5.32 Å². The fourth-order valence-electron chi connectivity index (χ4n) is 1.69. The van der Waals surface area contributed by atoms with E-state index in [0.29, 0.717) is 9.92 Å². The van der Waals surface area contributed by atoms with Gasteiger partial charge in [-0.1, -0.05) is 23.4 Å². The third-order valence-electron chi connectivity index (χ3n) is 2.60. The van der Waals surface area contributed by atoms with E-state index in [4.69, 9.17) is 11.6 Å². The molecular weight excluding hydrogens is 331 g/mol. The Balaban J connectivity index is 2.40. The number of halogens is 2. The molecule has 5 nitrogen and oxygen atoms in total. The molecule has 2 aromatic rings. The highest BCUT2D eigenvalue weighted by Crippen LogP contribution is 2.36. The summed E-state index contributed by atoms with van der Waals surface area (Å²) in [4.78, 5) is 22.2. The Kier molecular flexibility index (Phi) is 4.99. The molecule has 0 aliphatic carbocycles. The second-order valence-corrected chi connectivity index (χ2v) is 5.85. The van der Waals surface area contributed by atoms with Gasteiger partial charge in [-0.2, -0.15) is 0 Å². The number of amides is 1. The molecule has 0 aromatic heterocycles. The molecule has 0 saturated heterocycles. The Morgan fingerprint density at radius 1 is 1.32 bits per heavy atom. The minimum absolute atomic E-state index is 0.0460. The summed E-state index contributed by atoms with van der Waals surface area (Å²) in [7, 11) is 0. The van der Waals surface area contributed by atoms with E-state index in [1.807, 2.05) is 0 Å². The summed E-state index contributed by atoms with van der Waals surface area (Å²) in [6, 6.07) is 8.75. The number of nitro groups is 1. The van der Waals surface area contributed by atoms with Gasteiger partial charge in [0.2, 0.25) is 5.91 Å². The van der Waals surface area contributed by atoms with Gasteiger partial charge in [-0.15, -0.1) is 0 Å². The maximum atomic E-state index is 14.0. The van der Waals surface area contributed by atoms with Crippen molar-refractivity contribution >= 4 is 40.6 Å². The van der Waals surface area contributed by atoms with E-state index in [1.54, 1.807) is 24.3 Å². The zero-order chi connectivity index (χ0) is 16.3. The largest absolute Gasteiger partial charge is 0.321 e. The molecule has 0 heterocycles. The molecule has 0 spiro atoms. The molecule has 0 radical (unpaired) electrons. The quantitative estimate of drug-likeness (QED) is 0.657. The van der Waals surface area contributed by atoms with Crippen LogP contribution in [0.5, 0.6) is 0 Å². The number of nitrogens with one attached hydrogen (secondary N) is 1. The van der Waals surface area contributed by atoms with Crippen molar-refractivity contribution in [3.8, 4) is 0 Å². The minimum atomic E-state index is -0.745. The molecule has 0 unspecified atom stereocenters. The summed E-state index contributed by atoms with van der Waals surface area (Å²) in [5, 5.41) is 13.8. The van der Waals surface area contributed by atoms with E-state index >= 15 is 0 Å². The maximum absolute atomic E-state index is 14.0. The first kappa shape index (κ1) is 16.3. The number of nitrogens with zero attached hydrogens (tertiary/aromatic N) is 1. The number of carbonyl (C=O) groups is 1. The van der Waals surface area contributed by atoms with Crippen LogP contribution in [0.2, 0.25) is 5.02 Å². The Bertz CT molecular complexity index is 738. The Morgan fingerprint density at radius 3 is 2.50 bits per heavy atom. The summed E-state index contributed by atoms with van der Waals surface area (Å²) >= 11 is 6.86. The van der Waals surface area contributed by atoms with Gasteiger partial charge in [-0.05, 0) is 30.3 Å². The maximum Gasteiger partial charge on any atom is 0.295 e. The highest BCUT2D eigenvalue weighted by atomic mass is 35.5. The molecule has 0 aliphatic rings. The van der Waals surface area contributed by atoms with E-state index in [0.717, 1.165) is 17.8 Å². The zero-order valence-corrected chi connectivity index (χ0v) is 12.9. The second-order valence-electron chi connectivity index (χ2n) is 4.29. The van der Waals surface area contributed by atoms with Crippen LogP contribution >= 0.6 is 23.4 Å². The Labute approximate surface area is 134 Å². The molecule has 0 bridgehead atoms. The lowest BCUT2D eigenvalue weighted by Gasteiger charge is -2.08. The Morgan fingerprint density at radius 2 is 1.95 bits per heavy atom. The van der Waals surface area contributed by atoms with Gasteiger partial charge in [0.1, 0.15) is 11.5 Å². The molecule has 0 fully saturated rings. The molecule has 0 aliphatic heterocycles. The van der Waals surface area contributed by atoms with Crippen LogP contribution in [0.25, 0.3) is 0 Å². The van der Waals surface area contributed by atoms with Crippen LogP contribution in [0.15, 0.2) is 46.2 Å². The zero-order valence-electron chi connectivity index (χ0n) is 11.3. The van der Waals surface area contributed by atoms with Crippen LogP contribution in [0.3, 0.4) is 0 Å². The van der Waals surface area contributed by atoms with E-state index in [-0.39, 0.29) is 10.6 Å². The predicted octanol–water partition coefficient (Wildman–Crippen LogP) is 4.50. The van der Waals surface area contributed by atoms with Crippen LogP contribution in [0.4, 0.5) is 15.8 Å². The average molecular weight is 341 g/mol. The van der Waals surface area contributed by atoms with Gasteiger partial charge in [0.05, 0.1) is 15.9 Å². The summed E-state index contributed by atoms with van der Waals surface area (Å²) in [6.45, 7) is 1.22. The molecule has 2 aromatic carbocycles. The fraction of sp³-hybridized carbons (Fsp3) is 0.0714. The average Bonchev–Trinajstić information content (AvgIpc) is 2.43. The molecule has 1 amide bonds. The van der Waals surface area contributed by atoms with Crippen LogP contribution < -0.4 is 5.32 Å². The first-order valence-corrected chi connectivity index (χ1v) is 7.25. The van der Waals surface area contributed by atoms with Gasteiger partial charge in [0.15, 0.2) is 0 Å². The van der Waals surface area contributed by atoms with Crippen molar-refractivity contribution in [3.63, 3.8) is 0 Å². The van der Waals surface area contributed by atoms with Crippen molar-refractivity contribution in [1.29, 1.82) is 0 Å². The number of carbonyl (C=O) groups excluding carboxylic acids is 1. The molecule has 1 N–H and O–H groups in total. The summed E-state index contributed by atoms with van der Waals surface area (Å²) in [5.74, 6) is -1.21.